The largest absolute Gasteiger partial charge is 0.389 e. The summed E-state index contributed by atoms with van der Waals surface area (Å²) in [6.07, 6.45) is -0.931. The molecule has 0 amide bonds. The number of aromatic amines is 1. The summed E-state index contributed by atoms with van der Waals surface area (Å²) in [4.78, 5) is 2.85. The fourth-order valence-corrected chi connectivity index (χ4v) is 2.52. The molecule has 2 nitrogen and oxygen atoms in total. The van der Waals surface area contributed by atoms with Crippen molar-refractivity contribution >= 4 is 10.9 Å². The lowest BCUT2D eigenvalue weighted by atomic mass is 10.0. The summed E-state index contributed by atoms with van der Waals surface area (Å²) in [7, 11) is 0. The zero-order chi connectivity index (χ0) is 15.1. The molecule has 2 N–H and O–H groups in total. The molecule has 108 valence electrons. The third kappa shape index (κ3) is 2.29. The Balaban J connectivity index is 2.34. The van der Waals surface area contributed by atoms with Gasteiger partial charge in [0.15, 0.2) is 0 Å². The van der Waals surface area contributed by atoms with Gasteiger partial charge in [-0.2, -0.15) is 0 Å². The quantitative estimate of drug-likeness (QED) is 0.725. The number of aliphatic hydroxyl groups excluding tert-OH is 1. The molecule has 0 spiro atoms. The Morgan fingerprint density at radius 2 is 1.67 bits per heavy atom. The van der Waals surface area contributed by atoms with E-state index in [4.69, 9.17) is 0 Å². The number of aliphatic hydroxyl groups is 1. The average Bonchev–Trinajstić information content (AvgIpc) is 2.79. The van der Waals surface area contributed by atoms with Crippen LogP contribution in [0.3, 0.4) is 0 Å². The number of H-pyrrole nitrogens is 1. The van der Waals surface area contributed by atoms with Crippen LogP contribution in [-0.2, 0) is 0 Å². The second-order valence-corrected chi connectivity index (χ2v) is 4.91. The summed E-state index contributed by atoms with van der Waals surface area (Å²) in [5.74, 6) is -1.85. The van der Waals surface area contributed by atoms with E-state index in [2.05, 4.69) is 4.98 Å². The molecule has 1 atom stereocenters. The zero-order valence-corrected chi connectivity index (χ0v) is 11.1. The molecule has 0 bridgehead atoms. The van der Waals surface area contributed by atoms with E-state index in [0.29, 0.717) is 16.8 Å². The van der Waals surface area contributed by atoms with Crippen molar-refractivity contribution < 1.29 is 18.3 Å². The van der Waals surface area contributed by atoms with Gasteiger partial charge in [0.1, 0.15) is 17.5 Å². The predicted octanol–water partition coefficient (Wildman–Crippen LogP) is 4.31. The normalized spacial score (nSPS) is 12.8. The fraction of sp³-hybridized carbons (Fsp3) is 0.125. The minimum atomic E-state index is -0.931. The third-order valence-corrected chi connectivity index (χ3v) is 3.42. The van der Waals surface area contributed by atoms with Crippen LogP contribution in [0.25, 0.3) is 22.2 Å². The Bertz CT molecular complexity index is 806. The van der Waals surface area contributed by atoms with Gasteiger partial charge in [-0.3, -0.25) is 0 Å². The van der Waals surface area contributed by atoms with E-state index in [1.807, 2.05) is 0 Å². The number of fused-ring (bicyclic) bond motifs is 1. The van der Waals surface area contributed by atoms with Crippen LogP contribution < -0.4 is 0 Å². The van der Waals surface area contributed by atoms with Gasteiger partial charge in [0.2, 0.25) is 0 Å². The van der Waals surface area contributed by atoms with E-state index in [1.54, 1.807) is 0 Å². The van der Waals surface area contributed by atoms with Crippen molar-refractivity contribution in [2.24, 2.45) is 0 Å². The smallest absolute Gasteiger partial charge is 0.150 e. The van der Waals surface area contributed by atoms with Crippen LogP contribution in [0.5, 0.6) is 0 Å². The Labute approximate surface area is 118 Å². The maximum atomic E-state index is 13.9. The number of aromatic nitrogens is 1. The first kappa shape index (κ1) is 13.7. The molecule has 0 radical (unpaired) electrons. The van der Waals surface area contributed by atoms with Crippen molar-refractivity contribution in [3.63, 3.8) is 0 Å². The summed E-state index contributed by atoms with van der Waals surface area (Å²) in [5.41, 5.74) is 1.54. The predicted molar refractivity (Wildman–Crippen MR) is 74.2 cm³/mol. The third-order valence-electron chi connectivity index (χ3n) is 3.42. The molecule has 0 saturated heterocycles. The SMILES string of the molecule is CC(O)c1c(-c2ccc(F)cc2)[nH]c2c(F)cc(F)cc12. The molecule has 0 aliphatic rings. The van der Waals surface area contributed by atoms with Crippen molar-refractivity contribution in [2.45, 2.75) is 13.0 Å². The molecule has 21 heavy (non-hydrogen) atoms. The lowest BCUT2D eigenvalue weighted by molar-refractivity contribution is 0.201. The monoisotopic (exact) mass is 291 g/mol. The van der Waals surface area contributed by atoms with Gasteiger partial charge in [-0.15, -0.1) is 0 Å². The Kier molecular flexibility index (Phi) is 3.22. The lowest BCUT2D eigenvalue weighted by Gasteiger charge is -2.07. The summed E-state index contributed by atoms with van der Waals surface area (Å²) in [6.45, 7) is 1.51. The summed E-state index contributed by atoms with van der Waals surface area (Å²) in [6, 6.07) is 7.51. The summed E-state index contributed by atoms with van der Waals surface area (Å²) in [5, 5.41) is 10.2. The minimum absolute atomic E-state index is 0.117. The molecular formula is C16H12F3NO. The summed E-state index contributed by atoms with van der Waals surface area (Å²) >= 11 is 0. The van der Waals surface area contributed by atoms with Crippen LogP contribution in [-0.4, -0.2) is 10.1 Å². The van der Waals surface area contributed by atoms with Gasteiger partial charge in [-0.05, 0) is 42.8 Å². The Morgan fingerprint density at radius 3 is 2.29 bits per heavy atom. The van der Waals surface area contributed by atoms with Crippen molar-refractivity contribution in [2.75, 3.05) is 0 Å². The molecule has 1 heterocycles. The maximum Gasteiger partial charge on any atom is 0.150 e. The maximum absolute atomic E-state index is 13.9. The highest BCUT2D eigenvalue weighted by Crippen LogP contribution is 2.36. The van der Waals surface area contributed by atoms with Crippen molar-refractivity contribution in [1.29, 1.82) is 0 Å². The molecule has 0 fully saturated rings. The first-order valence-corrected chi connectivity index (χ1v) is 6.42. The number of rotatable bonds is 2. The van der Waals surface area contributed by atoms with E-state index >= 15 is 0 Å². The highest BCUT2D eigenvalue weighted by atomic mass is 19.1. The van der Waals surface area contributed by atoms with Gasteiger partial charge in [-0.25, -0.2) is 13.2 Å². The second kappa shape index (κ2) is 4.93. The van der Waals surface area contributed by atoms with Crippen LogP contribution in [0.2, 0.25) is 0 Å². The van der Waals surface area contributed by atoms with E-state index in [-0.39, 0.29) is 10.9 Å². The first-order valence-electron chi connectivity index (χ1n) is 6.42. The van der Waals surface area contributed by atoms with E-state index in [0.717, 1.165) is 6.07 Å². The van der Waals surface area contributed by atoms with Gasteiger partial charge in [-0.1, -0.05) is 0 Å². The summed E-state index contributed by atoms with van der Waals surface area (Å²) < 4.78 is 40.3. The molecule has 3 rings (SSSR count). The molecular weight excluding hydrogens is 279 g/mol. The van der Waals surface area contributed by atoms with Gasteiger partial charge in [0, 0.05) is 17.0 Å². The van der Waals surface area contributed by atoms with E-state index in [9.17, 15) is 18.3 Å². The number of nitrogens with one attached hydrogen (secondary N) is 1. The second-order valence-electron chi connectivity index (χ2n) is 4.91. The van der Waals surface area contributed by atoms with Crippen molar-refractivity contribution in [3.8, 4) is 11.3 Å². The Hall–Kier alpha value is -2.27. The molecule has 3 aromatic rings. The molecule has 0 aliphatic heterocycles. The van der Waals surface area contributed by atoms with Crippen LogP contribution in [0.4, 0.5) is 13.2 Å². The lowest BCUT2D eigenvalue weighted by Crippen LogP contribution is -1.93. The number of benzene rings is 2. The van der Waals surface area contributed by atoms with Crippen LogP contribution in [0.15, 0.2) is 36.4 Å². The number of hydrogen-bond donors (Lipinski definition) is 2. The van der Waals surface area contributed by atoms with Crippen molar-refractivity contribution in [3.05, 3.63) is 59.4 Å². The topological polar surface area (TPSA) is 36.0 Å². The molecule has 0 saturated carbocycles. The van der Waals surface area contributed by atoms with E-state index in [1.165, 1.54) is 37.3 Å². The van der Waals surface area contributed by atoms with Crippen LogP contribution >= 0.6 is 0 Å². The number of halogens is 3. The molecule has 0 aliphatic carbocycles. The Morgan fingerprint density at radius 1 is 1.00 bits per heavy atom. The fourth-order valence-electron chi connectivity index (χ4n) is 2.52. The molecule has 2 aromatic carbocycles. The molecule has 1 unspecified atom stereocenters. The van der Waals surface area contributed by atoms with Crippen LogP contribution in [0.1, 0.15) is 18.6 Å². The molecule has 5 heteroatoms. The standard InChI is InChI=1S/C16H12F3NO/c1-8(21)14-12-6-11(18)7-13(19)16(12)20-15(14)9-2-4-10(17)5-3-9/h2-8,20-21H,1H3. The van der Waals surface area contributed by atoms with E-state index < -0.39 is 23.6 Å². The highest BCUT2D eigenvalue weighted by Gasteiger charge is 2.20. The molecule has 1 aromatic heterocycles. The van der Waals surface area contributed by atoms with Crippen molar-refractivity contribution in [1.82, 2.24) is 4.98 Å². The van der Waals surface area contributed by atoms with Gasteiger partial charge >= 0.3 is 0 Å². The minimum Gasteiger partial charge on any atom is -0.389 e. The van der Waals surface area contributed by atoms with Gasteiger partial charge in [0.05, 0.1) is 17.3 Å². The first-order chi connectivity index (χ1) is 9.97. The average molecular weight is 291 g/mol. The van der Waals surface area contributed by atoms with Gasteiger partial charge < -0.3 is 10.1 Å². The zero-order valence-electron chi connectivity index (χ0n) is 11.1. The van der Waals surface area contributed by atoms with Gasteiger partial charge in [0.25, 0.3) is 0 Å². The van der Waals surface area contributed by atoms with Crippen LogP contribution in [0, 0.1) is 17.5 Å². The number of hydrogen-bond acceptors (Lipinski definition) is 1. The highest BCUT2D eigenvalue weighted by molar-refractivity contribution is 5.91.